The maximum absolute atomic E-state index is 13.5. The fraction of sp³-hybridized carbons (Fsp3) is 0.0667. The normalized spacial score (nSPS) is 13.9. The second-order valence-corrected chi connectivity index (χ2v) is 3.98. The van der Waals surface area contributed by atoms with Crippen molar-refractivity contribution in [3.63, 3.8) is 0 Å². The van der Waals surface area contributed by atoms with Crippen molar-refractivity contribution >= 4 is 0 Å². The molecular weight excluding hydrogens is 247 g/mol. The van der Waals surface area contributed by atoms with Crippen LogP contribution in [0.25, 0.3) is 0 Å². The lowest BCUT2D eigenvalue weighted by Crippen LogP contribution is -1.98. The average Bonchev–Trinajstić information content (AvgIpc) is 2.96. The van der Waals surface area contributed by atoms with E-state index in [0.29, 0.717) is 5.75 Å². The van der Waals surface area contributed by atoms with E-state index < -0.39 is 12.1 Å². The van der Waals surface area contributed by atoms with Crippen LogP contribution in [-0.2, 0) is 9.47 Å². The Balaban J connectivity index is 1.82. The van der Waals surface area contributed by atoms with Crippen LogP contribution >= 0.6 is 0 Å². The molecule has 0 unspecified atom stereocenters. The van der Waals surface area contributed by atoms with Crippen LogP contribution in [0, 0.1) is 5.82 Å². The number of ether oxygens (including phenoxy) is 3. The van der Waals surface area contributed by atoms with Gasteiger partial charge >= 0.3 is 0 Å². The van der Waals surface area contributed by atoms with Gasteiger partial charge in [0, 0.05) is 5.56 Å². The van der Waals surface area contributed by atoms with E-state index in [1.165, 1.54) is 18.6 Å². The molecule has 3 rings (SSSR count). The highest BCUT2D eigenvalue weighted by atomic mass is 19.1. The van der Waals surface area contributed by atoms with Crippen LogP contribution in [0.2, 0.25) is 0 Å². The first kappa shape index (κ1) is 11.6. The summed E-state index contributed by atoms with van der Waals surface area (Å²) in [6.07, 6.45) is 2.49. The molecule has 1 aliphatic rings. The van der Waals surface area contributed by atoms with E-state index in [9.17, 15) is 4.39 Å². The second kappa shape index (κ2) is 5.02. The molecule has 0 bridgehead atoms. The third-order valence-corrected chi connectivity index (χ3v) is 2.65. The molecule has 0 N–H and O–H groups in total. The van der Waals surface area contributed by atoms with Gasteiger partial charge in [0.2, 0.25) is 0 Å². The lowest BCUT2D eigenvalue weighted by molar-refractivity contribution is -0.0247. The van der Waals surface area contributed by atoms with E-state index in [1.54, 1.807) is 36.4 Å². The van der Waals surface area contributed by atoms with Gasteiger partial charge in [-0.2, -0.15) is 0 Å². The first-order chi connectivity index (χ1) is 9.33. The molecule has 0 spiro atoms. The molecule has 0 aliphatic carbocycles. The van der Waals surface area contributed by atoms with E-state index >= 15 is 0 Å². The van der Waals surface area contributed by atoms with Crippen molar-refractivity contribution in [3.8, 4) is 11.5 Å². The van der Waals surface area contributed by atoms with Crippen LogP contribution in [0.15, 0.2) is 61.1 Å². The number of rotatable bonds is 3. The Morgan fingerprint density at radius 2 is 1.74 bits per heavy atom. The van der Waals surface area contributed by atoms with E-state index in [1.807, 2.05) is 6.07 Å². The Morgan fingerprint density at radius 1 is 0.947 bits per heavy atom. The number of benzene rings is 2. The summed E-state index contributed by atoms with van der Waals surface area (Å²) >= 11 is 0. The summed E-state index contributed by atoms with van der Waals surface area (Å²) in [4.78, 5) is 0. The van der Waals surface area contributed by atoms with Crippen molar-refractivity contribution in [2.45, 2.75) is 6.29 Å². The Morgan fingerprint density at radius 3 is 2.53 bits per heavy atom. The van der Waals surface area contributed by atoms with Crippen molar-refractivity contribution in [1.29, 1.82) is 0 Å². The van der Waals surface area contributed by atoms with E-state index in [-0.39, 0.29) is 5.75 Å². The maximum atomic E-state index is 13.5. The minimum atomic E-state index is -0.468. The largest absolute Gasteiger partial charge is 0.455 e. The molecule has 0 atom stereocenters. The van der Waals surface area contributed by atoms with Gasteiger partial charge in [-0.25, -0.2) is 4.39 Å². The molecule has 0 saturated carbocycles. The molecule has 19 heavy (non-hydrogen) atoms. The highest BCUT2D eigenvalue weighted by Crippen LogP contribution is 2.29. The lowest BCUT2D eigenvalue weighted by atomic mass is 10.2. The van der Waals surface area contributed by atoms with Gasteiger partial charge in [-0.3, -0.25) is 0 Å². The highest BCUT2D eigenvalue weighted by molar-refractivity contribution is 5.35. The second-order valence-electron chi connectivity index (χ2n) is 3.98. The zero-order valence-electron chi connectivity index (χ0n) is 9.95. The molecule has 2 aromatic carbocycles. The smallest absolute Gasteiger partial charge is 0.266 e. The first-order valence-corrected chi connectivity index (χ1v) is 5.81. The van der Waals surface area contributed by atoms with E-state index in [0.717, 1.165) is 5.56 Å². The van der Waals surface area contributed by atoms with Gasteiger partial charge in [0.15, 0.2) is 11.6 Å². The summed E-state index contributed by atoms with van der Waals surface area (Å²) in [5.74, 6) is 0.315. The van der Waals surface area contributed by atoms with Gasteiger partial charge in [0.1, 0.15) is 18.3 Å². The average molecular weight is 258 g/mol. The van der Waals surface area contributed by atoms with Gasteiger partial charge in [-0.1, -0.05) is 24.3 Å². The molecular formula is C15H11FO3. The third kappa shape index (κ3) is 2.52. The van der Waals surface area contributed by atoms with Crippen LogP contribution in [0.3, 0.4) is 0 Å². The maximum Gasteiger partial charge on any atom is 0.266 e. The quantitative estimate of drug-likeness (QED) is 0.828. The van der Waals surface area contributed by atoms with Crippen LogP contribution in [0.4, 0.5) is 4.39 Å². The molecule has 0 amide bonds. The summed E-state index contributed by atoms with van der Waals surface area (Å²) < 4.78 is 29.5. The Labute approximate surface area is 109 Å². The summed E-state index contributed by atoms with van der Waals surface area (Å²) in [7, 11) is 0. The SMILES string of the molecule is Fc1ccccc1Oc1cccc(C2OC=CO2)c1. The van der Waals surface area contributed by atoms with E-state index in [4.69, 9.17) is 14.2 Å². The molecule has 96 valence electrons. The fourth-order valence-corrected chi connectivity index (χ4v) is 1.78. The van der Waals surface area contributed by atoms with Crippen molar-refractivity contribution < 1.29 is 18.6 Å². The summed E-state index contributed by atoms with van der Waals surface area (Å²) in [5, 5.41) is 0. The molecule has 0 radical (unpaired) electrons. The van der Waals surface area contributed by atoms with Crippen LogP contribution in [0.1, 0.15) is 11.9 Å². The Kier molecular flexibility index (Phi) is 3.06. The van der Waals surface area contributed by atoms with E-state index in [2.05, 4.69) is 0 Å². The summed E-state index contributed by atoms with van der Waals surface area (Å²) in [6.45, 7) is 0. The first-order valence-electron chi connectivity index (χ1n) is 5.81. The number of hydrogen-bond acceptors (Lipinski definition) is 3. The van der Waals surface area contributed by atoms with Crippen molar-refractivity contribution in [1.82, 2.24) is 0 Å². The minimum Gasteiger partial charge on any atom is -0.455 e. The van der Waals surface area contributed by atoms with Gasteiger partial charge in [0.25, 0.3) is 6.29 Å². The van der Waals surface area contributed by atoms with Crippen LogP contribution < -0.4 is 4.74 Å². The Bertz CT molecular complexity index is 602. The predicted octanol–water partition coefficient (Wildman–Crippen LogP) is 4.13. The number of para-hydroxylation sites is 1. The van der Waals surface area contributed by atoms with Crippen molar-refractivity contribution in [3.05, 3.63) is 72.4 Å². The van der Waals surface area contributed by atoms with Gasteiger partial charge in [-0.15, -0.1) is 0 Å². The van der Waals surface area contributed by atoms with Crippen molar-refractivity contribution in [2.75, 3.05) is 0 Å². The molecule has 3 nitrogen and oxygen atoms in total. The number of halogens is 1. The van der Waals surface area contributed by atoms with Crippen molar-refractivity contribution in [2.24, 2.45) is 0 Å². The topological polar surface area (TPSA) is 27.7 Å². The fourth-order valence-electron chi connectivity index (χ4n) is 1.78. The monoisotopic (exact) mass is 258 g/mol. The number of hydrogen-bond donors (Lipinski definition) is 0. The molecule has 1 heterocycles. The zero-order valence-corrected chi connectivity index (χ0v) is 9.95. The van der Waals surface area contributed by atoms with Crippen LogP contribution in [0.5, 0.6) is 11.5 Å². The van der Waals surface area contributed by atoms with Crippen LogP contribution in [-0.4, -0.2) is 0 Å². The molecule has 0 aromatic heterocycles. The summed E-state index contributed by atoms with van der Waals surface area (Å²) in [5.41, 5.74) is 0.804. The minimum absolute atomic E-state index is 0.186. The highest BCUT2D eigenvalue weighted by Gasteiger charge is 2.16. The Hall–Kier alpha value is -2.49. The molecule has 1 aliphatic heterocycles. The molecule has 0 saturated heterocycles. The van der Waals surface area contributed by atoms with Gasteiger partial charge in [0.05, 0.1) is 0 Å². The predicted molar refractivity (Wildman–Crippen MR) is 67.0 cm³/mol. The third-order valence-electron chi connectivity index (χ3n) is 2.65. The standard InChI is InChI=1S/C15H11FO3/c16-13-6-1-2-7-14(13)19-12-5-3-4-11(10-12)15-17-8-9-18-15/h1-10,15H. The zero-order chi connectivity index (χ0) is 13.1. The molecule has 0 fully saturated rings. The summed E-state index contributed by atoms with van der Waals surface area (Å²) in [6, 6.07) is 13.4. The van der Waals surface area contributed by atoms with Gasteiger partial charge in [-0.05, 0) is 24.3 Å². The molecule has 4 heteroatoms. The molecule has 2 aromatic rings. The van der Waals surface area contributed by atoms with Gasteiger partial charge < -0.3 is 14.2 Å². The lowest BCUT2D eigenvalue weighted by Gasteiger charge is -2.12.